The molecule has 0 heterocycles. The van der Waals surface area contributed by atoms with E-state index >= 15 is 0 Å². The molecule has 14 heteroatoms. The molecule has 1 aromatic carbocycles. The van der Waals surface area contributed by atoms with Crippen LogP contribution in [0.15, 0.2) is 30.3 Å². The second-order valence-corrected chi connectivity index (χ2v) is 18.5. The Morgan fingerprint density at radius 2 is 1.31 bits per heavy atom. The summed E-state index contributed by atoms with van der Waals surface area (Å²) in [6, 6.07) is 6.22. The zero-order chi connectivity index (χ0) is 41.7. The normalized spacial score (nSPS) is 15.0. The molecule has 12 nitrogen and oxygen atoms in total. The number of aliphatic hydroxyl groups is 1. The second-order valence-electron chi connectivity index (χ2n) is 16.5. The highest BCUT2D eigenvalue weighted by atomic mass is 32.2. The highest BCUT2D eigenvalue weighted by Crippen LogP contribution is 2.22. The quantitative estimate of drug-likeness (QED) is 0.0682. The molecule has 0 spiro atoms. The third-order valence-corrected chi connectivity index (χ3v) is 10.2. The molecule has 0 aliphatic rings. The predicted octanol–water partition coefficient (Wildman–Crippen LogP) is 5.66. The Kier molecular flexibility index (Phi) is 23.7. The van der Waals surface area contributed by atoms with Crippen LogP contribution < -0.4 is 26.6 Å². The maximum atomic E-state index is 13.9. The monoisotopic (exact) mass is 809 g/mol. The molecule has 6 N–H and O–H groups in total. The summed E-state index contributed by atoms with van der Waals surface area (Å²) in [6.07, 6.45) is 4.50. The van der Waals surface area contributed by atoms with Crippen LogP contribution in [0.5, 0.6) is 0 Å². The first-order valence-corrected chi connectivity index (χ1v) is 22.4. The number of carbonyl (C=O) groups excluding carboxylic acids is 5. The molecule has 0 aliphatic heterocycles. The van der Waals surface area contributed by atoms with Gasteiger partial charge in [0.15, 0.2) is 0 Å². The van der Waals surface area contributed by atoms with Crippen LogP contribution in [0, 0.1) is 23.7 Å². The summed E-state index contributed by atoms with van der Waals surface area (Å²) in [5.74, 6) is -0.780. The fraction of sp³-hybridized carbons (Fsp3) is 0.732. The number of rotatable bonds is 25. The molecule has 5 amide bonds. The SMILES string of the molecule is CSCCC[C@H](C[C@H](O)[C@H](CC(C)C)NC(=O)[C@H](CCSC)NC(=O)[C@H](CC(C)C)NC(=O)OC(C)(C)C)C(=O)N[C@H](C(=O)NCc1ccccc1)C(C)C. The van der Waals surface area contributed by atoms with E-state index in [-0.39, 0.29) is 36.0 Å². The minimum absolute atomic E-state index is 0.0651. The third kappa shape index (κ3) is 21.2. The van der Waals surface area contributed by atoms with Crippen LogP contribution in [0.3, 0.4) is 0 Å². The molecule has 0 fully saturated rings. The van der Waals surface area contributed by atoms with Crippen molar-refractivity contribution in [2.45, 2.75) is 143 Å². The van der Waals surface area contributed by atoms with Gasteiger partial charge >= 0.3 is 6.09 Å². The molecule has 6 atom stereocenters. The van der Waals surface area contributed by atoms with Gasteiger partial charge in [-0.1, -0.05) is 71.9 Å². The number of ether oxygens (including phenoxy) is 1. The molecule has 0 radical (unpaired) electrons. The fourth-order valence-corrected chi connectivity index (χ4v) is 6.95. The van der Waals surface area contributed by atoms with Gasteiger partial charge in [0.25, 0.3) is 0 Å². The van der Waals surface area contributed by atoms with Gasteiger partial charge in [0.05, 0.1) is 12.1 Å². The number of thioether (sulfide) groups is 2. The summed E-state index contributed by atoms with van der Waals surface area (Å²) in [5.41, 5.74) is 0.196. The van der Waals surface area contributed by atoms with Gasteiger partial charge in [-0.05, 0) is 107 Å². The maximum absolute atomic E-state index is 13.9. The summed E-state index contributed by atoms with van der Waals surface area (Å²) in [4.78, 5) is 67.3. The standard InChI is InChI=1S/C41H71N5O7S2/c1-26(2)22-32(44-37(49)31(19-21-55-11)43-38(50)33(23-27(3)4)45-40(52)53-41(7,8)9)34(47)24-30(18-15-20-54-10)36(48)46-35(28(5)6)39(51)42-25-29-16-13-12-14-17-29/h12-14,16-17,26-28,30-35,47H,15,18-25H2,1-11H3,(H,42,51)(H,43,50)(H,44,49)(H,45,52)(H,46,48)/t30-,31+,32+,33+,34+,35+/m1/s1. The van der Waals surface area contributed by atoms with Crippen LogP contribution in [0.2, 0.25) is 0 Å². The van der Waals surface area contributed by atoms with E-state index < -0.39 is 59.7 Å². The summed E-state index contributed by atoms with van der Waals surface area (Å²) in [6.45, 7) is 17.2. The van der Waals surface area contributed by atoms with Crippen molar-refractivity contribution in [3.63, 3.8) is 0 Å². The van der Waals surface area contributed by atoms with Crippen molar-refractivity contribution < 1.29 is 33.8 Å². The lowest BCUT2D eigenvalue weighted by molar-refractivity contribution is -0.133. The van der Waals surface area contributed by atoms with Crippen LogP contribution in [0.1, 0.15) is 106 Å². The number of carbonyl (C=O) groups is 5. The van der Waals surface area contributed by atoms with E-state index in [2.05, 4.69) is 26.6 Å². The highest BCUT2D eigenvalue weighted by Gasteiger charge is 2.34. The number of hydrogen-bond donors (Lipinski definition) is 6. The lowest BCUT2D eigenvalue weighted by Gasteiger charge is -2.31. The third-order valence-electron chi connectivity index (χ3n) is 8.83. The molecular weight excluding hydrogens is 739 g/mol. The highest BCUT2D eigenvalue weighted by molar-refractivity contribution is 7.98. The summed E-state index contributed by atoms with van der Waals surface area (Å²) < 4.78 is 5.39. The van der Waals surface area contributed by atoms with E-state index in [1.54, 1.807) is 32.5 Å². The molecule has 0 saturated carbocycles. The van der Waals surface area contributed by atoms with Crippen molar-refractivity contribution in [2.75, 3.05) is 24.0 Å². The van der Waals surface area contributed by atoms with Gasteiger partial charge in [-0.25, -0.2) is 4.79 Å². The number of benzene rings is 1. The second kappa shape index (κ2) is 26.0. The summed E-state index contributed by atoms with van der Waals surface area (Å²) >= 11 is 3.20. The molecule has 1 rings (SSSR count). The number of amides is 5. The van der Waals surface area contributed by atoms with E-state index in [0.29, 0.717) is 38.0 Å². The van der Waals surface area contributed by atoms with Gasteiger partial charge in [-0.2, -0.15) is 23.5 Å². The zero-order valence-corrected chi connectivity index (χ0v) is 36.8. The van der Waals surface area contributed by atoms with Crippen LogP contribution in [0.4, 0.5) is 4.79 Å². The van der Waals surface area contributed by atoms with E-state index in [1.165, 1.54) is 11.8 Å². The van der Waals surface area contributed by atoms with E-state index in [9.17, 15) is 29.1 Å². The summed E-state index contributed by atoms with van der Waals surface area (Å²) in [7, 11) is 0. The molecule has 55 heavy (non-hydrogen) atoms. The number of alkyl carbamates (subject to hydrolysis) is 1. The number of hydrogen-bond acceptors (Lipinski definition) is 9. The Morgan fingerprint density at radius 1 is 0.709 bits per heavy atom. The first kappa shape index (κ1) is 50.0. The van der Waals surface area contributed by atoms with Crippen LogP contribution in [-0.2, 0) is 30.5 Å². The minimum atomic E-state index is -1.08. The van der Waals surface area contributed by atoms with Crippen molar-refractivity contribution in [3.8, 4) is 0 Å². The minimum Gasteiger partial charge on any atom is -0.444 e. The lowest BCUT2D eigenvalue weighted by Crippen LogP contribution is -2.57. The first-order chi connectivity index (χ1) is 25.8. The van der Waals surface area contributed by atoms with Gasteiger partial charge in [-0.3, -0.25) is 19.2 Å². The van der Waals surface area contributed by atoms with Crippen molar-refractivity contribution in [2.24, 2.45) is 23.7 Å². The fourth-order valence-electron chi connectivity index (χ4n) is 6.02. The first-order valence-electron chi connectivity index (χ1n) is 19.7. The average Bonchev–Trinajstić information content (AvgIpc) is 3.09. The molecule has 0 unspecified atom stereocenters. The molecular formula is C41H71N5O7S2. The maximum Gasteiger partial charge on any atom is 0.408 e. The van der Waals surface area contributed by atoms with Crippen molar-refractivity contribution in [3.05, 3.63) is 35.9 Å². The Labute approximate surface area is 339 Å². The number of nitrogens with one attached hydrogen (secondary N) is 5. The van der Waals surface area contributed by atoms with Crippen LogP contribution >= 0.6 is 23.5 Å². The van der Waals surface area contributed by atoms with Gasteiger partial charge in [0, 0.05) is 12.5 Å². The molecule has 0 saturated heterocycles. The van der Waals surface area contributed by atoms with Gasteiger partial charge in [0.2, 0.25) is 23.6 Å². The Morgan fingerprint density at radius 3 is 1.85 bits per heavy atom. The van der Waals surface area contributed by atoms with Crippen molar-refractivity contribution in [1.82, 2.24) is 26.6 Å². The Balaban J connectivity index is 3.22. The summed E-state index contributed by atoms with van der Waals surface area (Å²) in [5, 5.41) is 26.2. The van der Waals surface area contributed by atoms with Gasteiger partial charge in [-0.15, -0.1) is 0 Å². The smallest absolute Gasteiger partial charge is 0.408 e. The molecule has 0 aliphatic carbocycles. The van der Waals surface area contributed by atoms with Crippen LogP contribution in [-0.4, -0.2) is 94.7 Å². The molecule has 1 aromatic rings. The molecule has 0 aromatic heterocycles. The Bertz CT molecular complexity index is 1310. The van der Waals surface area contributed by atoms with Crippen molar-refractivity contribution in [1.29, 1.82) is 0 Å². The average molecular weight is 810 g/mol. The van der Waals surface area contributed by atoms with Gasteiger partial charge in [0.1, 0.15) is 23.7 Å². The molecule has 314 valence electrons. The van der Waals surface area contributed by atoms with Gasteiger partial charge < -0.3 is 36.4 Å². The van der Waals surface area contributed by atoms with Crippen LogP contribution in [0.25, 0.3) is 0 Å². The zero-order valence-electron chi connectivity index (χ0n) is 35.2. The largest absolute Gasteiger partial charge is 0.444 e. The predicted molar refractivity (Wildman–Crippen MR) is 226 cm³/mol. The number of aliphatic hydroxyl groups excluding tert-OH is 1. The Hall–Kier alpha value is -2.97. The lowest BCUT2D eigenvalue weighted by atomic mass is 9.88. The van der Waals surface area contributed by atoms with E-state index in [0.717, 1.165) is 17.7 Å². The van der Waals surface area contributed by atoms with Crippen molar-refractivity contribution >= 4 is 53.2 Å². The molecule has 0 bridgehead atoms. The topological polar surface area (TPSA) is 175 Å². The van der Waals surface area contributed by atoms with E-state index in [4.69, 9.17) is 4.74 Å². The van der Waals surface area contributed by atoms with E-state index in [1.807, 2.05) is 84.4 Å².